The Kier molecular flexibility index (Phi) is 10.3. The van der Waals surface area contributed by atoms with Crippen molar-refractivity contribution in [3.63, 3.8) is 0 Å². The standard InChI is InChI=1S/C24H29ClF6O4/c1-14(2)35-22(33)8-6-4-3-5-7-18-19(21(32)12-20(18)25)13-34-17-10-15(23(26,27)28)9-16(11-17)24(29,30)31/h3,5,9-11,14,18-21,32H,4,6-8,12-13H2,1-2H3/b5-3-/t18-,19-,20+,21-/m1/s1. The van der Waals surface area contributed by atoms with Crippen molar-refractivity contribution >= 4 is 17.6 Å². The minimum absolute atomic E-state index is 0.0300. The van der Waals surface area contributed by atoms with Gasteiger partial charge in [-0.25, -0.2) is 0 Å². The Hall–Kier alpha value is -1.94. The van der Waals surface area contributed by atoms with E-state index in [1.807, 2.05) is 12.2 Å². The zero-order chi connectivity index (χ0) is 26.4. The van der Waals surface area contributed by atoms with Gasteiger partial charge >= 0.3 is 18.3 Å². The third-order valence-electron chi connectivity index (χ3n) is 5.67. The summed E-state index contributed by atoms with van der Waals surface area (Å²) in [5, 5.41) is 9.92. The number of carbonyl (C=O) groups excluding carboxylic acids is 1. The number of hydrogen-bond acceptors (Lipinski definition) is 4. The minimum Gasteiger partial charge on any atom is -0.493 e. The number of hydrogen-bond donors (Lipinski definition) is 1. The van der Waals surface area contributed by atoms with Gasteiger partial charge in [0.05, 0.1) is 29.9 Å². The largest absolute Gasteiger partial charge is 0.493 e. The summed E-state index contributed by atoms with van der Waals surface area (Å²) in [6, 6.07) is 1.05. The van der Waals surface area contributed by atoms with E-state index in [0.29, 0.717) is 31.4 Å². The van der Waals surface area contributed by atoms with Crippen LogP contribution in [0.1, 0.15) is 57.1 Å². The van der Waals surface area contributed by atoms with Gasteiger partial charge in [0, 0.05) is 17.7 Å². The fourth-order valence-corrected chi connectivity index (χ4v) is 4.42. The predicted molar refractivity (Wildman–Crippen MR) is 118 cm³/mol. The van der Waals surface area contributed by atoms with Crippen LogP contribution in [0.2, 0.25) is 0 Å². The molecular weight excluding hydrogens is 502 g/mol. The summed E-state index contributed by atoms with van der Waals surface area (Å²) in [6.45, 7) is 3.24. The van der Waals surface area contributed by atoms with Gasteiger partial charge in [-0.3, -0.25) is 4.79 Å². The van der Waals surface area contributed by atoms with E-state index >= 15 is 0 Å². The number of allylic oxidation sites excluding steroid dienone is 2. The molecule has 198 valence electrons. The van der Waals surface area contributed by atoms with Gasteiger partial charge in [-0.1, -0.05) is 12.2 Å². The van der Waals surface area contributed by atoms with E-state index < -0.39 is 46.6 Å². The highest BCUT2D eigenvalue weighted by Crippen LogP contribution is 2.41. The maximum Gasteiger partial charge on any atom is 0.416 e. The highest BCUT2D eigenvalue weighted by molar-refractivity contribution is 6.21. The van der Waals surface area contributed by atoms with Crippen molar-refractivity contribution in [3.8, 4) is 5.75 Å². The first-order valence-corrected chi connectivity index (χ1v) is 11.7. The van der Waals surface area contributed by atoms with Gasteiger partial charge in [-0.2, -0.15) is 26.3 Å². The molecule has 0 bridgehead atoms. The Balaban J connectivity index is 1.99. The van der Waals surface area contributed by atoms with Gasteiger partial charge in [0.25, 0.3) is 0 Å². The van der Waals surface area contributed by atoms with Gasteiger partial charge in [-0.05, 0) is 63.6 Å². The molecule has 0 heterocycles. The topological polar surface area (TPSA) is 55.8 Å². The second-order valence-corrected chi connectivity index (χ2v) is 9.40. The number of carbonyl (C=O) groups is 1. The molecule has 0 radical (unpaired) electrons. The first-order chi connectivity index (χ1) is 16.2. The van der Waals surface area contributed by atoms with Crippen LogP contribution >= 0.6 is 11.6 Å². The van der Waals surface area contributed by atoms with Crippen molar-refractivity contribution in [3.05, 3.63) is 41.5 Å². The Morgan fingerprint density at radius 2 is 1.69 bits per heavy atom. The van der Waals surface area contributed by atoms with Crippen LogP contribution in [0.4, 0.5) is 26.3 Å². The molecule has 2 rings (SSSR count). The van der Waals surface area contributed by atoms with Crippen molar-refractivity contribution in [1.82, 2.24) is 0 Å². The lowest BCUT2D eigenvalue weighted by Crippen LogP contribution is -2.27. The van der Waals surface area contributed by atoms with E-state index in [9.17, 15) is 36.2 Å². The van der Waals surface area contributed by atoms with E-state index in [4.69, 9.17) is 21.1 Å². The maximum absolute atomic E-state index is 13.1. The molecule has 1 aromatic rings. The normalized spacial score (nSPS) is 23.3. The van der Waals surface area contributed by atoms with Crippen LogP contribution < -0.4 is 4.74 Å². The van der Waals surface area contributed by atoms with Gasteiger partial charge in [0.1, 0.15) is 5.75 Å². The quantitative estimate of drug-likeness (QED) is 0.119. The Bertz CT molecular complexity index is 836. The third kappa shape index (κ3) is 9.22. The number of alkyl halides is 7. The molecule has 4 atom stereocenters. The molecule has 0 aromatic heterocycles. The van der Waals surface area contributed by atoms with E-state index in [1.54, 1.807) is 13.8 Å². The lowest BCUT2D eigenvalue weighted by molar-refractivity contribution is -0.147. The average molecular weight is 531 g/mol. The predicted octanol–water partition coefficient (Wildman–Crippen LogP) is 6.78. The smallest absolute Gasteiger partial charge is 0.416 e. The van der Waals surface area contributed by atoms with Crippen LogP contribution in [0, 0.1) is 11.8 Å². The summed E-state index contributed by atoms with van der Waals surface area (Å²) in [5.74, 6) is -1.73. The van der Waals surface area contributed by atoms with Crippen LogP contribution in [-0.2, 0) is 21.9 Å². The zero-order valence-electron chi connectivity index (χ0n) is 19.3. The number of aliphatic hydroxyl groups excluding tert-OH is 1. The molecule has 1 aromatic carbocycles. The second-order valence-electron chi connectivity index (χ2n) is 8.84. The fourth-order valence-electron chi connectivity index (χ4n) is 3.95. The van der Waals surface area contributed by atoms with Gasteiger partial charge < -0.3 is 14.6 Å². The Labute approximate surface area is 205 Å². The van der Waals surface area contributed by atoms with E-state index in [2.05, 4.69) is 0 Å². The highest BCUT2D eigenvalue weighted by atomic mass is 35.5. The molecule has 1 fully saturated rings. The second kappa shape index (κ2) is 12.3. The molecule has 0 aliphatic heterocycles. The van der Waals surface area contributed by atoms with Crippen molar-refractivity contribution in [1.29, 1.82) is 0 Å². The molecule has 0 spiro atoms. The van der Waals surface area contributed by atoms with Crippen LogP contribution in [0.3, 0.4) is 0 Å². The lowest BCUT2D eigenvalue weighted by Gasteiger charge is -2.23. The molecule has 0 amide bonds. The molecule has 1 aliphatic rings. The summed E-state index contributed by atoms with van der Waals surface area (Å²) < 4.78 is 88.8. The zero-order valence-corrected chi connectivity index (χ0v) is 20.1. The number of rotatable bonds is 10. The SMILES string of the molecule is CC(C)OC(=O)CCC/C=C\C[C@@H]1[C@@H](COc2cc(C(F)(F)F)cc(C(F)(F)F)c2)[C@H](O)C[C@@H]1Cl. The number of halogens is 7. The van der Waals surface area contributed by atoms with Crippen molar-refractivity contribution in [2.24, 2.45) is 11.8 Å². The molecule has 35 heavy (non-hydrogen) atoms. The number of unbranched alkanes of at least 4 members (excludes halogenated alkanes) is 1. The summed E-state index contributed by atoms with van der Waals surface area (Å²) in [6.07, 6.45) is -5.21. The van der Waals surface area contributed by atoms with Gasteiger partial charge in [-0.15, -0.1) is 11.6 Å². The molecule has 0 saturated heterocycles. The minimum atomic E-state index is -4.98. The van der Waals surface area contributed by atoms with Crippen molar-refractivity contribution in [2.75, 3.05) is 6.61 Å². The average Bonchev–Trinajstić information content (AvgIpc) is 2.99. The van der Waals surface area contributed by atoms with Crippen LogP contribution in [-0.4, -0.2) is 35.3 Å². The van der Waals surface area contributed by atoms with Crippen molar-refractivity contribution < 1.29 is 45.7 Å². The molecule has 1 aliphatic carbocycles. The maximum atomic E-state index is 13.1. The summed E-state index contributed by atoms with van der Waals surface area (Å²) in [5.41, 5.74) is -2.94. The molecule has 4 nitrogen and oxygen atoms in total. The Morgan fingerprint density at radius 3 is 2.23 bits per heavy atom. The molecule has 1 N–H and O–H groups in total. The van der Waals surface area contributed by atoms with Crippen LogP contribution in [0.15, 0.2) is 30.4 Å². The first-order valence-electron chi connectivity index (χ1n) is 11.3. The monoisotopic (exact) mass is 530 g/mol. The van der Waals surface area contributed by atoms with E-state index in [-0.39, 0.29) is 43.5 Å². The first kappa shape index (κ1) is 29.3. The van der Waals surface area contributed by atoms with E-state index in [1.165, 1.54) is 0 Å². The number of benzene rings is 1. The number of aliphatic hydroxyl groups is 1. The molecular formula is C24H29ClF6O4. The molecule has 0 unspecified atom stereocenters. The van der Waals surface area contributed by atoms with Gasteiger partial charge in [0.2, 0.25) is 0 Å². The fraction of sp³-hybridized carbons (Fsp3) is 0.625. The molecule has 1 saturated carbocycles. The number of ether oxygens (including phenoxy) is 2. The molecule has 11 heteroatoms. The third-order valence-corrected chi connectivity index (χ3v) is 6.17. The van der Waals surface area contributed by atoms with Crippen LogP contribution in [0.25, 0.3) is 0 Å². The summed E-state index contributed by atoms with van der Waals surface area (Å²) >= 11 is 6.34. The Morgan fingerprint density at radius 1 is 1.09 bits per heavy atom. The summed E-state index contributed by atoms with van der Waals surface area (Å²) in [4.78, 5) is 11.5. The highest BCUT2D eigenvalue weighted by Gasteiger charge is 2.42. The van der Waals surface area contributed by atoms with Gasteiger partial charge in [0.15, 0.2) is 0 Å². The number of esters is 1. The van der Waals surface area contributed by atoms with E-state index in [0.717, 1.165) is 0 Å². The van der Waals surface area contributed by atoms with Crippen molar-refractivity contribution in [2.45, 2.75) is 75.9 Å². The summed E-state index contributed by atoms with van der Waals surface area (Å²) in [7, 11) is 0. The lowest BCUT2D eigenvalue weighted by atomic mass is 9.92. The van der Waals surface area contributed by atoms with Crippen LogP contribution in [0.5, 0.6) is 5.75 Å².